The van der Waals surface area contributed by atoms with Crippen LogP contribution < -0.4 is 4.90 Å². The average Bonchev–Trinajstić information content (AvgIpc) is 3.30. The predicted octanol–water partition coefficient (Wildman–Crippen LogP) is 3.11. The number of fused-ring (bicyclic) bond motifs is 1. The fourth-order valence-electron chi connectivity index (χ4n) is 3.36. The van der Waals surface area contributed by atoms with Crippen LogP contribution >= 0.6 is 0 Å². The summed E-state index contributed by atoms with van der Waals surface area (Å²) in [6.07, 6.45) is 4.15. The molecular formula is C18H18FNO3. The van der Waals surface area contributed by atoms with Crippen molar-refractivity contribution in [3.63, 3.8) is 0 Å². The van der Waals surface area contributed by atoms with Crippen molar-refractivity contribution < 1.29 is 18.7 Å². The van der Waals surface area contributed by atoms with Gasteiger partial charge in [-0.25, -0.2) is 4.39 Å². The molecule has 1 aliphatic carbocycles. The molecule has 1 aliphatic heterocycles. The molecule has 0 radical (unpaired) electrons. The Morgan fingerprint density at radius 2 is 2.17 bits per heavy atom. The number of aliphatic hydroxyl groups is 1. The van der Waals surface area contributed by atoms with Gasteiger partial charge >= 0.3 is 0 Å². The van der Waals surface area contributed by atoms with Crippen LogP contribution in [0.2, 0.25) is 0 Å². The Kier molecular flexibility index (Phi) is 3.45. The molecule has 5 heteroatoms. The van der Waals surface area contributed by atoms with Gasteiger partial charge in [0.1, 0.15) is 11.6 Å². The summed E-state index contributed by atoms with van der Waals surface area (Å²) in [4.78, 5) is 14.5. The van der Waals surface area contributed by atoms with E-state index in [0.29, 0.717) is 35.9 Å². The molecule has 2 aliphatic rings. The number of anilines is 1. The van der Waals surface area contributed by atoms with Crippen LogP contribution in [0.1, 0.15) is 40.4 Å². The van der Waals surface area contributed by atoms with Crippen molar-refractivity contribution in [3.05, 3.63) is 53.2 Å². The van der Waals surface area contributed by atoms with Crippen molar-refractivity contribution in [3.8, 4) is 0 Å². The van der Waals surface area contributed by atoms with Crippen LogP contribution in [0.25, 0.3) is 0 Å². The third-order valence-corrected chi connectivity index (χ3v) is 4.67. The molecule has 4 nitrogen and oxygen atoms in total. The summed E-state index contributed by atoms with van der Waals surface area (Å²) < 4.78 is 19.8. The van der Waals surface area contributed by atoms with Crippen molar-refractivity contribution in [1.82, 2.24) is 0 Å². The van der Waals surface area contributed by atoms with Gasteiger partial charge in [0, 0.05) is 25.0 Å². The van der Waals surface area contributed by atoms with Crippen LogP contribution in [0.15, 0.2) is 34.9 Å². The highest BCUT2D eigenvalue weighted by atomic mass is 19.1. The Hall–Kier alpha value is -2.14. The Bertz CT molecular complexity index is 750. The van der Waals surface area contributed by atoms with Gasteiger partial charge in [0.2, 0.25) is 0 Å². The molecule has 2 heterocycles. The van der Waals surface area contributed by atoms with Crippen molar-refractivity contribution >= 4 is 11.6 Å². The number of carbonyl (C=O) groups excluding carboxylic acids is 1. The van der Waals surface area contributed by atoms with Crippen molar-refractivity contribution in [2.75, 3.05) is 18.1 Å². The molecule has 1 aromatic heterocycles. The predicted molar refractivity (Wildman–Crippen MR) is 83.0 cm³/mol. The summed E-state index contributed by atoms with van der Waals surface area (Å²) in [5.74, 6) is 0.292. The second-order valence-corrected chi connectivity index (χ2v) is 6.39. The van der Waals surface area contributed by atoms with E-state index in [2.05, 4.69) is 0 Å². The average molecular weight is 315 g/mol. The van der Waals surface area contributed by atoms with Gasteiger partial charge in [-0.1, -0.05) is 12.1 Å². The maximum Gasteiger partial charge on any atom is 0.261 e. The minimum absolute atomic E-state index is 0.0272. The number of benzene rings is 1. The molecule has 1 atom stereocenters. The van der Waals surface area contributed by atoms with E-state index >= 15 is 0 Å². The Balaban J connectivity index is 1.75. The lowest BCUT2D eigenvalue weighted by atomic mass is 9.92. The lowest BCUT2D eigenvalue weighted by Crippen LogP contribution is -2.42. The van der Waals surface area contributed by atoms with Gasteiger partial charge in [0.05, 0.1) is 17.5 Å². The number of hydrogen-bond donors (Lipinski definition) is 1. The third kappa shape index (κ3) is 2.45. The number of nitrogens with zero attached hydrogens (tertiary/aromatic N) is 1. The molecule has 120 valence electrons. The van der Waals surface area contributed by atoms with Crippen molar-refractivity contribution in [2.24, 2.45) is 5.92 Å². The van der Waals surface area contributed by atoms with E-state index in [-0.39, 0.29) is 18.4 Å². The van der Waals surface area contributed by atoms with E-state index < -0.39 is 5.82 Å². The van der Waals surface area contributed by atoms with E-state index in [9.17, 15) is 14.3 Å². The van der Waals surface area contributed by atoms with E-state index in [1.165, 1.54) is 17.2 Å². The minimum Gasteiger partial charge on any atom is -0.468 e. The molecule has 4 rings (SSSR count). The number of furan rings is 1. The lowest BCUT2D eigenvalue weighted by Gasteiger charge is -2.34. The molecule has 0 bridgehead atoms. The van der Waals surface area contributed by atoms with Crippen LogP contribution in [0, 0.1) is 11.7 Å². The van der Waals surface area contributed by atoms with E-state index in [4.69, 9.17) is 4.42 Å². The largest absolute Gasteiger partial charge is 0.468 e. The molecule has 1 fully saturated rings. The molecule has 0 saturated heterocycles. The van der Waals surface area contributed by atoms with Crippen LogP contribution in [0.5, 0.6) is 0 Å². The summed E-state index contributed by atoms with van der Waals surface area (Å²) in [5.41, 5.74) is 1.62. The quantitative estimate of drug-likeness (QED) is 0.947. The molecule has 1 saturated carbocycles. The summed E-state index contributed by atoms with van der Waals surface area (Å²) in [6, 6.07) is 6.50. The highest BCUT2D eigenvalue weighted by Gasteiger charge is 2.36. The number of amides is 1. The lowest BCUT2D eigenvalue weighted by molar-refractivity contribution is 0.0971. The first-order chi connectivity index (χ1) is 11.2. The summed E-state index contributed by atoms with van der Waals surface area (Å²) >= 11 is 0. The third-order valence-electron chi connectivity index (χ3n) is 4.67. The Morgan fingerprint density at radius 3 is 2.91 bits per heavy atom. The zero-order valence-electron chi connectivity index (χ0n) is 12.7. The number of aliphatic hydroxyl groups excluding tert-OH is 1. The van der Waals surface area contributed by atoms with Crippen LogP contribution in [-0.4, -0.2) is 24.2 Å². The Labute approximate surface area is 133 Å². The first-order valence-electron chi connectivity index (χ1n) is 7.96. The van der Waals surface area contributed by atoms with Gasteiger partial charge in [-0.05, 0) is 37.0 Å². The number of rotatable bonds is 3. The molecule has 1 aromatic carbocycles. The normalized spacial score (nSPS) is 20.4. The van der Waals surface area contributed by atoms with Crippen LogP contribution in [-0.2, 0) is 6.42 Å². The topological polar surface area (TPSA) is 53.7 Å². The van der Waals surface area contributed by atoms with E-state index in [0.717, 1.165) is 18.4 Å². The highest BCUT2D eigenvalue weighted by molar-refractivity contribution is 6.07. The summed E-state index contributed by atoms with van der Waals surface area (Å²) in [6.45, 7) is 0.291. The molecule has 1 unspecified atom stereocenters. The molecular weight excluding hydrogens is 297 g/mol. The molecule has 1 N–H and O–H groups in total. The van der Waals surface area contributed by atoms with Crippen molar-refractivity contribution in [1.29, 1.82) is 0 Å². The monoisotopic (exact) mass is 315 g/mol. The number of hydrogen-bond acceptors (Lipinski definition) is 3. The fourth-order valence-corrected chi connectivity index (χ4v) is 3.36. The van der Waals surface area contributed by atoms with Crippen LogP contribution in [0.4, 0.5) is 10.1 Å². The second kappa shape index (κ2) is 5.49. The number of halogens is 1. The van der Waals surface area contributed by atoms with Gasteiger partial charge < -0.3 is 14.4 Å². The summed E-state index contributed by atoms with van der Waals surface area (Å²) in [7, 11) is 0. The standard InChI is InChI=1S/C18H18FNO3/c19-15-3-1-2-13-8-11(10-21)9-20(16(13)15)18(22)14-6-7-23-17(14)12-4-5-12/h1-3,6-7,11-12,21H,4-5,8-10H2. The highest BCUT2D eigenvalue weighted by Crippen LogP contribution is 2.43. The molecule has 0 spiro atoms. The zero-order valence-corrected chi connectivity index (χ0v) is 12.7. The molecule has 2 aromatic rings. The number of carbonyl (C=O) groups is 1. The first-order valence-corrected chi connectivity index (χ1v) is 7.96. The van der Waals surface area contributed by atoms with Gasteiger partial charge in [-0.15, -0.1) is 0 Å². The Morgan fingerprint density at radius 1 is 1.35 bits per heavy atom. The van der Waals surface area contributed by atoms with Crippen LogP contribution in [0.3, 0.4) is 0 Å². The second-order valence-electron chi connectivity index (χ2n) is 6.39. The van der Waals surface area contributed by atoms with Gasteiger partial charge in [0.25, 0.3) is 5.91 Å². The maximum absolute atomic E-state index is 14.3. The summed E-state index contributed by atoms with van der Waals surface area (Å²) in [5, 5.41) is 9.52. The van der Waals surface area contributed by atoms with E-state index in [1.807, 2.05) is 6.07 Å². The maximum atomic E-state index is 14.3. The van der Waals surface area contributed by atoms with Crippen molar-refractivity contribution in [2.45, 2.75) is 25.2 Å². The van der Waals surface area contributed by atoms with Gasteiger partial charge in [-0.3, -0.25) is 4.79 Å². The smallest absolute Gasteiger partial charge is 0.261 e. The zero-order chi connectivity index (χ0) is 16.0. The SMILES string of the molecule is O=C(c1ccoc1C1CC1)N1CC(CO)Cc2cccc(F)c21. The molecule has 1 amide bonds. The van der Waals surface area contributed by atoms with E-state index in [1.54, 1.807) is 12.1 Å². The van der Waals surface area contributed by atoms with Gasteiger partial charge in [-0.2, -0.15) is 0 Å². The molecule has 23 heavy (non-hydrogen) atoms. The van der Waals surface area contributed by atoms with Gasteiger partial charge in [0.15, 0.2) is 0 Å². The first kappa shape index (κ1) is 14.5. The fraction of sp³-hybridized carbons (Fsp3) is 0.389. The number of para-hydroxylation sites is 1. The minimum atomic E-state index is -0.399.